The van der Waals surface area contributed by atoms with E-state index in [4.69, 9.17) is 0 Å². The van der Waals surface area contributed by atoms with Crippen LogP contribution in [-0.2, 0) is 11.3 Å². The van der Waals surface area contributed by atoms with Crippen LogP contribution in [0.15, 0.2) is 36.5 Å². The van der Waals surface area contributed by atoms with Crippen LogP contribution in [0.2, 0.25) is 0 Å². The zero-order valence-electron chi connectivity index (χ0n) is 13.0. The lowest BCUT2D eigenvalue weighted by Gasteiger charge is -2.20. The van der Waals surface area contributed by atoms with Crippen molar-refractivity contribution in [3.05, 3.63) is 42.1 Å². The van der Waals surface area contributed by atoms with Gasteiger partial charge in [0.05, 0.1) is 18.0 Å². The molecule has 3 rings (SSSR count). The summed E-state index contributed by atoms with van der Waals surface area (Å²) in [5.74, 6) is 0.144. The number of hydrogen-bond donors (Lipinski definition) is 3. The van der Waals surface area contributed by atoms with Crippen molar-refractivity contribution in [2.45, 2.75) is 25.5 Å². The fourth-order valence-corrected chi connectivity index (χ4v) is 2.89. The molecule has 2 aromatic rings. The molecule has 1 fully saturated rings. The van der Waals surface area contributed by atoms with Gasteiger partial charge in [-0.05, 0) is 12.0 Å². The van der Waals surface area contributed by atoms with Crippen LogP contribution in [0.5, 0.6) is 0 Å². The van der Waals surface area contributed by atoms with Gasteiger partial charge in [-0.15, -0.1) is 0 Å². The van der Waals surface area contributed by atoms with Gasteiger partial charge in [-0.25, -0.2) is 0 Å². The number of carbonyl (C=O) groups is 1. The molecule has 0 spiro atoms. The second-order valence-corrected chi connectivity index (χ2v) is 5.86. The van der Waals surface area contributed by atoms with Crippen LogP contribution in [0.25, 0.3) is 11.3 Å². The number of amides is 1. The van der Waals surface area contributed by atoms with E-state index in [9.17, 15) is 9.90 Å². The number of carbonyl (C=O) groups excluding carboxylic acids is 1. The van der Waals surface area contributed by atoms with Crippen molar-refractivity contribution in [2.75, 3.05) is 19.6 Å². The number of nitrogens with one attached hydrogen (secondary N) is 2. The van der Waals surface area contributed by atoms with E-state index in [2.05, 4.69) is 15.5 Å². The number of aliphatic hydroxyl groups is 1. The van der Waals surface area contributed by atoms with E-state index in [1.807, 2.05) is 30.3 Å². The lowest BCUT2D eigenvalue weighted by molar-refractivity contribution is -0.128. The highest BCUT2D eigenvalue weighted by molar-refractivity contribution is 5.78. The summed E-state index contributed by atoms with van der Waals surface area (Å²) >= 11 is 0. The van der Waals surface area contributed by atoms with Gasteiger partial charge in [-0.2, -0.15) is 5.10 Å². The molecule has 6 nitrogen and oxygen atoms in total. The van der Waals surface area contributed by atoms with Crippen LogP contribution in [0.4, 0.5) is 0 Å². The van der Waals surface area contributed by atoms with Crippen LogP contribution < -0.4 is 5.32 Å². The zero-order chi connectivity index (χ0) is 16.1. The molecular weight excluding hydrogens is 292 g/mol. The van der Waals surface area contributed by atoms with Gasteiger partial charge in [0.2, 0.25) is 5.91 Å². The number of β-amino-alcohol motifs (C(OH)–C–C–N with tert-alkyl or cyclic N) is 1. The van der Waals surface area contributed by atoms with Gasteiger partial charge >= 0.3 is 0 Å². The molecule has 122 valence electrons. The Hall–Kier alpha value is -2.18. The predicted molar refractivity (Wildman–Crippen MR) is 87.6 cm³/mol. The molecule has 0 aliphatic carbocycles. The number of H-pyrrole nitrogens is 1. The summed E-state index contributed by atoms with van der Waals surface area (Å²) in [4.78, 5) is 13.3. The van der Waals surface area contributed by atoms with Crippen molar-refractivity contribution in [1.29, 1.82) is 0 Å². The third-order valence-corrected chi connectivity index (χ3v) is 4.08. The van der Waals surface area contributed by atoms with Crippen LogP contribution in [0.1, 0.15) is 18.4 Å². The number of benzene rings is 1. The highest BCUT2D eigenvalue weighted by atomic mass is 16.3. The quantitative estimate of drug-likeness (QED) is 0.716. The van der Waals surface area contributed by atoms with Crippen molar-refractivity contribution in [1.82, 2.24) is 20.4 Å². The molecule has 0 saturated carbocycles. The molecule has 1 atom stereocenters. The normalized spacial score (nSPS) is 16.0. The Morgan fingerprint density at radius 2 is 2.17 bits per heavy atom. The first kappa shape index (κ1) is 15.7. The van der Waals surface area contributed by atoms with Crippen molar-refractivity contribution < 1.29 is 9.90 Å². The molecule has 0 unspecified atom stereocenters. The maximum Gasteiger partial charge on any atom is 0.222 e. The lowest BCUT2D eigenvalue weighted by atomic mass is 10.1. The Labute approximate surface area is 135 Å². The van der Waals surface area contributed by atoms with Crippen molar-refractivity contribution in [3.8, 4) is 11.3 Å². The number of rotatable bonds is 7. The molecule has 1 aliphatic heterocycles. The summed E-state index contributed by atoms with van der Waals surface area (Å²) in [6, 6.07) is 10.0. The molecule has 0 bridgehead atoms. The van der Waals surface area contributed by atoms with Gasteiger partial charge in [0.15, 0.2) is 0 Å². The predicted octanol–water partition coefficient (Wildman–Crippen LogP) is 1.15. The Morgan fingerprint density at radius 3 is 2.91 bits per heavy atom. The maximum absolute atomic E-state index is 11.6. The van der Waals surface area contributed by atoms with E-state index in [-0.39, 0.29) is 5.91 Å². The number of hydrogen-bond acceptors (Lipinski definition) is 4. The SMILES string of the molecule is O=C1CCCN1C[C@H](O)CNCc1cn[nH]c1-c1ccccc1. The molecule has 1 amide bonds. The minimum absolute atomic E-state index is 0.144. The highest BCUT2D eigenvalue weighted by Crippen LogP contribution is 2.20. The third-order valence-electron chi connectivity index (χ3n) is 4.08. The second kappa shape index (κ2) is 7.39. The minimum Gasteiger partial charge on any atom is -0.390 e. The van der Waals surface area contributed by atoms with Crippen molar-refractivity contribution in [2.24, 2.45) is 0 Å². The zero-order valence-corrected chi connectivity index (χ0v) is 13.0. The largest absolute Gasteiger partial charge is 0.390 e. The van der Waals surface area contributed by atoms with E-state index in [1.165, 1.54) is 0 Å². The van der Waals surface area contributed by atoms with Crippen molar-refractivity contribution >= 4 is 5.91 Å². The molecule has 23 heavy (non-hydrogen) atoms. The van der Waals surface area contributed by atoms with E-state index < -0.39 is 6.10 Å². The fourth-order valence-electron chi connectivity index (χ4n) is 2.89. The number of aromatic nitrogens is 2. The summed E-state index contributed by atoms with van der Waals surface area (Å²) in [5, 5.41) is 20.4. The summed E-state index contributed by atoms with van der Waals surface area (Å²) in [6.45, 7) is 2.23. The molecule has 6 heteroatoms. The topological polar surface area (TPSA) is 81.2 Å². The first-order valence-electron chi connectivity index (χ1n) is 7.98. The number of aromatic amines is 1. The Balaban J connectivity index is 1.49. The summed E-state index contributed by atoms with van der Waals surface area (Å²) in [6.07, 6.45) is 2.75. The third kappa shape index (κ3) is 3.97. The van der Waals surface area contributed by atoms with Crippen LogP contribution in [-0.4, -0.2) is 51.8 Å². The molecular formula is C17H22N4O2. The molecule has 2 heterocycles. The number of likely N-dealkylation sites (tertiary alicyclic amines) is 1. The number of aliphatic hydroxyl groups excluding tert-OH is 1. The van der Waals surface area contributed by atoms with Crippen LogP contribution >= 0.6 is 0 Å². The minimum atomic E-state index is -0.552. The Kier molecular flexibility index (Phi) is 5.05. The summed E-state index contributed by atoms with van der Waals surface area (Å²) < 4.78 is 0. The second-order valence-electron chi connectivity index (χ2n) is 5.86. The Bertz CT molecular complexity index is 641. The summed E-state index contributed by atoms with van der Waals surface area (Å²) in [5.41, 5.74) is 3.13. The maximum atomic E-state index is 11.6. The number of nitrogens with zero attached hydrogens (tertiary/aromatic N) is 2. The highest BCUT2D eigenvalue weighted by Gasteiger charge is 2.22. The standard InChI is InChI=1S/C17H22N4O2/c22-15(12-21-8-4-7-16(21)23)11-18-9-14-10-19-20-17(14)13-5-2-1-3-6-13/h1-3,5-6,10,15,18,22H,4,7-9,11-12H2,(H,19,20)/t15-/m1/s1. The van der Waals surface area contributed by atoms with E-state index in [0.717, 1.165) is 29.8 Å². The van der Waals surface area contributed by atoms with E-state index >= 15 is 0 Å². The molecule has 1 aliphatic rings. The van der Waals surface area contributed by atoms with E-state index in [1.54, 1.807) is 11.1 Å². The van der Waals surface area contributed by atoms with Gasteiger partial charge in [0.1, 0.15) is 0 Å². The van der Waals surface area contributed by atoms with Crippen LogP contribution in [0, 0.1) is 0 Å². The van der Waals surface area contributed by atoms with Crippen molar-refractivity contribution in [3.63, 3.8) is 0 Å². The molecule has 3 N–H and O–H groups in total. The van der Waals surface area contributed by atoms with Gasteiger partial charge < -0.3 is 15.3 Å². The first-order chi connectivity index (χ1) is 11.2. The van der Waals surface area contributed by atoms with Gasteiger partial charge in [-0.3, -0.25) is 9.89 Å². The lowest BCUT2D eigenvalue weighted by Crippen LogP contribution is -2.38. The fraction of sp³-hybridized carbons (Fsp3) is 0.412. The van der Waals surface area contributed by atoms with Gasteiger partial charge in [0.25, 0.3) is 0 Å². The monoisotopic (exact) mass is 314 g/mol. The van der Waals surface area contributed by atoms with Crippen LogP contribution in [0.3, 0.4) is 0 Å². The molecule has 1 aromatic heterocycles. The average molecular weight is 314 g/mol. The molecule has 0 radical (unpaired) electrons. The first-order valence-corrected chi connectivity index (χ1v) is 7.98. The van der Waals surface area contributed by atoms with E-state index in [0.29, 0.717) is 26.1 Å². The summed E-state index contributed by atoms with van der Waals surface area (Å²) in [7, 11) is 0. The molecule has 1 saturated heterocycles. The van der Waals surface area contributed by atoms with Gasteiger partial charge in [-0.1, -0.05) is 30.3 Å². The Morgan fingerprint density at radius 1 is 1.35 bits per heavy atom. The molecule has 1 aromatic carbocycles. The smallest absolute Gasteiger partial charge is 0.222 e. The van der Waals surface area contributed by atoms with Gasteiger partial charge in [0, 0.05) is 38.2 Å². The average Bonchev–Trinajstić information content (AvgIpc) is 3.18.